The van der Waals surface area contributed by atoms with E-state index in [0.29, 0.717) is 19.6 Å². The zero-order valence-electron chi connectivity index (χ0n) is 14.4. The van der Waals surface area contributed by atoms with Gasteiger partial charge < -0.3 is 24.6 Å². The van der Waals surface area contributed by atoms with Crippen LogP contribution in [0.1, 0.15) is 34.7 Å². The number of hydrogen-bond donors (Lipinski definition) is 2. The lowest BCUT2D eigenvalue weighted by Crippen LogP contribution is -2.48. The standard InChI is InChI=1S/C16H23N3O5/c1-16(2,8-17(3)4)9-19-6-5-18-7-10(15(23)24)12(20)13(21)11(18)14(19)22/h7,21H,5-6,8-9H2,1-4H3,(H,23,24). The number of carbonyl (C=O) groups is 2. The lowest BCUT2D eigenvalue weighted by atomic mass is 9.91. The third kappa shape index (κ3) is 3.43. The summed E-state index contributed by atoms with van der Waals surface area (Å²) < 4.78 is 1.35. The van der Waals surface area contributed by atoms with Gasteiger partial charge >= 0.3 is 5.97 Å². The van der Waals surface area contributed by atoms with Gasteiger partial charge in [0.25, 0.3) is 5.91 Å². The van der Waals surface area contributed by atoms with Crippen LogP contribution in [-0.4, -0.2) is 70.2 Å². The number of nitrogens with zero attached hydrogens (tertiary/aromatic N) is 3. The second kappa shape index (κ2) is 6.27. The molecule has 0 fully saturated rings. The lowest BCUT2D eigenvalue weighted by Gasteiger charge is -2.37. The Balaban J connectivity index is 2.36. The predicted molar refractivity (Wildman–Crippen MR) is 87.6 cm³/mol. The van der Waals surface area contributed by atoms with Gasteiger partial charge in [0, 0.05) is 32.4 Å². The Bertz CT molecular complexity index is 736. The Hall–Kier alpha value is -2.35. The van der Waals surface area contributed by atoms with Crippen LogP contribution in [0.2, 0.25) is 0 Å². The van der Waals surface area contributed by atoms with Gasteiger partial charge in [0.05, 0.1) is 0 Å². The van der Waals surface area contributed by atoms with Crippen LogP contribution in [0.25, 0.3) is 0 Å². The van der Waals surface area contributed by atoms with E-state index >= 15 is 0 Å². The van der Waals surface area contributed by atoms with E-state index in [0.717, 1.165) is 12.7 Å². The summed E-state index contributed by atoms with van der Waals surface area (Å²) in [6.45, 7) is 6.04. The Morgan fingerprint density at radius 3 is 2.46 bits per heavy atom. The van der Waals surface area contributed by atoms with Gasteiger partial charge in [0.15, 0.2) is 11.4 Å². The van der Waals surface area contributed by atoms with Crippen molar-refractivity contribution in [2.24, 2.45) is 5.41 Å². The van der Waals surface area contributed by atoms with E-state index in [4.69, 9.17) is 5.11 Å². The summed E-state index contributed by atoms with van der Waals surface area (Å²) >= 11 is 0. The molecule has 0 saturated heterocycles. The molecule has 0 radical (unpaired) electrons. The van der Waals surface area contributed by atoms with E-state index in [1.54, 1.807) is 4.90 Å². The van der Waals surface area contributed by atoms with Crippen molar-refractivity contribution in [2.75, 3.05) is 33.7 Å². The predicted octanol–water partition coefficient (Wildman–Crippen LogP) is 0.296. The van der Waals surface area contributed by atoms with Crippen LogP contribution in [-0.2, 0) is 6.54 Å². The molecular formula is C16H23N3O5. The van der Waals surface area contributed by atoms with Crippen molar-refractivity contribution in [1.29, 1.82) is 0 Å². The second-order valence-electron chi connectivity index (χ2n) is 7.20. The summed E-state index contributed by atoms with van der Waals surface area (Å²) in [6.07, 6.45) is 1.12. The monoisotopic (exact) mass is 337 g/mol. The molecule has 2 N–H and O–H groups in total. The van der Waals surface area contributed by atoms with Crippen LogP contribution in [0, 0.1) is 5.41 Å². The Labute approximate surface area is 139 Å². The number of hydrogen-bond acceptors (Lipinski definition) is 5. The van der Waals surface area contributed by atoms with Gasteiger partial charge in [0.1, 0.15) is 5.56 Å². The zero-order chi connectivity index (χ0) is 18.2. The molecule has 2 heterocycles. The average Bonchev–Trinajstić information content (AvgIpc) is 2.43. The fourth-order valence-electron chi connectivity index (χ4n) is 3.26. The first-order valence-electron chi connectivity index (χ1n) is 7.67. The third-order valence-corrected chi connectivity index (χ3v) is 3.95. The number of rotatable bonds is 5. The molecule has 8 nitrogen and oxygen atoms in total. The quantitative estimate of drug-likeness (QED) is 0.801. The van der Waals surface area contributed by atoms with Gasteiger partial charge in [-0.15, -0.1) is 0 Å². The van der Waals surface area contributed by atoms with Crippen molar-refractivity contribution in [1.82, 2.24) is 14.4 Å². The minimum atomic E-state index is -1.42. The number of pyridine rings is 1. The van der Waals surface area contributed by atoms with Crippen LogP contribution >= 0.6 is 0 Å². The van der Waals surface area contributed by atoms with E-state index in [1.807, 2.05) is 32.8 Å². The number of amides is 1. The molecule has 1 aliphatic heterocycles. The van der Waals surface area contributed by atoms with Gasteiger partial charge in [-0.05, 0) is 19.5 Å². The van der Waals surface area contributed by atoms with Crippen LogP contribution in [0.5, 0.6) is 5.75 Å². The molecule has 0 saturated carbocycles. The normalized spacial score (nSPS) is 14.9. The number of carbonyl (C=O) groups excluding carboxylic acids is 1. The van der Waals surface area contributed by atoms with Crippen molar-refractivity contribution in [3.63, 3.8) is 0 Å². The topological polar surface area (TPSA) is 103 Å². The van der Waals surface area contributed by atoms with Gasteiger partial charge in [-0.25, -0.2) is 4.79 Å². The molecule has 0 spiro atoms. The van der Waals surface area contributed by atoms with E-state index < -0.39 is 28.6 Å². The van der Waals surface area contributed by atoms with E-state index in [2.05, 4.69) is 0 Å². The maximum Gasteiger partial charge on any atom is 0.341 e. The molecule has 0 aromatic carbocycles. The molecular weight excluding hydrogens is 314 g/mol. The van der Waals surface area contributed by atoms with E-state index in [1.165, 1.54) is 4.57 Å². The minimum Gasteiger partial charge on any atom is -0.503 e. The summed E-state index contributed by atoms with van der Waals surface area (Å²) in [5.74, 6) is -2.68. The first-order valence-corrected chi connectivity index (χ1v) is 7.67. The number of aromatic nitrogens is 1. The lowest BCUT2D eigenvalue weighted by molar-refractivity contribution is 0.0587. The highest BCUT2D eigenvalue weighted by atomic mass is 16.4. The van der Waals surface area contributed by atoms with Gasteiger partial charge in [0.2, 0.25) is 5.43 Å². The molecule has 8 heteroatoms. The number of carboxylic acid groups (broad SMARTS) is 1. The molecule has 24 heavy (non-hydrogen) atoms. The van der Waals surface area contributed by atoms with Crippen molar-refractivity contribution < 1.29 is 19.8 Å². The molecule has 0 aliphatic carbocycles. The van der Waals surface area contributed by atoms with Crippen LogP contribution in [0.15, 0.2) is 11.0 Å². The summed E-state index contributed by atoms with van der Waals surface area (Å²) in [7, 11) is 3.90. The highest BCUT2D eigenvalue weighted by Gasteiger charge is 2.33. The maximum absolute atomic E-state index is 12.7. The second-order valence-corrected chi connectivity index (χ2v) is 7.20. The third-order valence-electron chi connectivity index (χ3n) is 3.95. The largest absolute Gasteiger partial charge is 0.503 e. The van der Waals surface area contributed by atoms with Crippen LogP contribution in [0.4, 0.5) is 0 Å². The first kappa shape index (κ1) is 18.0. The van der Waals surface area contributed by atoms with E-state index in [-0.39, 0.29) is 11.1 Å². The van der Waals surface area contributed by atoms with Gasteiger partial charge in [-0.3, -0.25) is 9.59 Å². The summed E-state index contributed by atoms with van der Waals surface area (Å²) in [6, 6.07) is 0. The Morgan fingerprint density at radius 2 is 1.92 bits per heavy atom. The van der Waals surface area contributed by atoms with Gasteiger partial charge in [-0.2, -0.15) is 0 Å². The number of fused-ring (bicyclic) bond motifs is 1. The summed E-state index contributed by atoms with van der Waals surface area (Å²) in [5, 5.41) is 19.1. The fourth-order valence-corrected chi connectivity index (χ4v) is 3.26. The molecule has 1 aliphatic rings. The highest BCUT2D eigenvalue weighted by molar-refractivity contribution is 5.97. The van der Waals surface area contributed by atoms with Crippen molar-refractivity contribution in [3.8, 4) is 5.75 Å². The molecule has 0 atom stereocenters. The first-order chi connectivity index (χ1) is 11.0. The van der Waals surface area contributed by atoms with Crippen LogP contribution < -0.4 is 5.43 Å². The zero-order valence-corrected chi connectivity index (χ0v) is 14.4. The van der Waals surface area contributed by atoms with Crippen molar-refractivity contribution in [2.45, 2.75) is 20.4 Å². The average molecular weight is 337 g/mol. The van der Waals surface area contributed by atoms with E-state index in [9.17, 15) is 19.5 Å². The van der Waals surface area contributed by atoms with Crippen molar-refractivity contribution in [3.05, 3.63) is 27.7 Å². The Morgan fingerprint density at radius 1 is 1.29 bits per heavy atom. The minimum absolute atomic E-state index is 0.142. The van der Waals surface area contributed by atoms with Gasteiger partial charge in [-0.1, -0.05) is 13.8 Å². The molecule has 2 rings (SSSR count). The summed E-state index contributed by atoms with van der Waals surface area (Å²) in [5.41, 5.74) is -1.88. The molecule has 1 aromatic rings. The molecule has 1 aromatic heterocycles. The van der Waals surface area contributed by atoms with Crippen molar-refractivity contribution >= 4 is 11.9 Å². The SMILES string of the molecule is CN(C)CC(C)(C)CN1CCn2cc(C(=O)O)c(=O)c(O)c2C1=O. The van der Waals surface area contributed by atoms with Crippen LogP contribution in [0.3, 0.4) is 0 Å². The highest BCUT2D eigenvalue weighted by Crippen LogP contribution is 2.24. The Kier molecular flexibility index (Phi) is 4.70. The number of aromatic carboxylic acids is 1. The maximum atomic E-state index is 12.7. The number of aromatic hydroxyl groups is 1. The molecule has 0 unspecified atom stereocenters. The number of carboxylic acids is 1. The fraction of sp³-hybridized carbons (Fsp3) is 0.562. The molecule has 1 amide bonds. The smallest absolute Gasteiger partial charge is 0.341 e. The summed E-state index contributed by atoms with van der Waals surface area (Å²) in [4.78, 5) is 39.3. The molecule has 0 bridgehead atoms. The molecule has 132 valence electrons.